The van der Waals surface area contributed by atoms with E-state index in [1.165, 1.54) is 48.2 Å². The van der Waals surface area contributed by atoms with Crippen molar-refractivity contribution in [3.05, 3.63) is 151 Å². The summed E-state index contributed by atoms with van der Waals surface area (Å²) in [5.74, 6) is -23.2. The van der Waals surface area contributed by atoms with Crippen molar-refractivity contribution in [1.82, 2.24) is 5.32 Å². The summed E-state index contributed by atoms with van der Waals surface area (Å²) in [5, 5.41) is 42.3. The van der Waals surface area contributed by atoms with Crippen molar-refractivity contribution in [3.63, 3.8) is 0 Å². The van der Waals surface area contributed by atoms with Crippen LogP contribution >= 0.6 is 35.0 Å². The molecule has 7 aromatic rings. The molecule has 26 heteroatoms. The average Bonchev–Trinajstić information content (AvgIpc) is 3.32. The molecule has 428 valence electrons. The van der Waals surface area contributed by atoms with Gasteiger partial charge in [0.15, 0.2) is 46.5 Å². The summed E-state index contributed by atoms with van der Waals surface area (Å²) < 4.78 is 132. The third-order valence-corrected chi connectivity index (χ3v) is 13.3. The van der Waals surface area contributed by atoms with Gasteiger partial charge < -0.3 is 50.6 Å². The zero-order chi connectivity index (χ0) is 59.6. The molecule has 0 aliphatic carbocycles. The van der Waals surface area contributed by atoms with E-state index in [1.807, 2.05) is 32.0 Å². The van der Waals surface area contributed by atoms with Crippen molar-refractivity contribution < 1.29 is 93.7 Å². The summed E-state index contributed by atoms with van der Waals surface area (Å²) in [5.41, 5.74) is 1.60. The van der Waals surface area contributed by atoms with Gasteiger partial charge in [0, 0.05) is 35.2 Å². The number of anilines is 2. The molecule has 15 nitrogen and oxygen atoms in total. The van der Waals surface area contributed by atoms with Crippen LogP contribution in [0.25, 0.3) is 21.5 Å². The Balaban J connectivity index is 0.000000262. The van der Waals surface area contributed by atoms with Gasteiger partial charge in [0.25, 0.3) is 11.8 Å². The number of fused-ring (bicyclic) bond motifs is 2. The minimum Gasteiger partial charge on any atom is -0.506 e. The van der Waals surface area contributed by atoms with Crippen molar-refractivity contribution in [2.75, 3.05) is 41.9 Å². The average molecular weight is 1190 g/mol. The number of phenolic OH excluding ortho intramolecular Hbond substituents is 2. The number of ether oxygens (including phenoxy) is 3. The lowest BCUT2D eigenvalue weighted by Crippen LogP contribution is -2.26. The normalized spacial score (nSPS) is 11.0. The number of aromatic hydroxyl groups is 2. The van der Waals surface area contributed by atoms with Gasteiger partial charge in [-0.05, 0) is 92.9 Å². The molecule has 0 atom stereocenters. The largest absolute Gasteiger partial charge is 0.506 e. The Morgan fingerprint density at radius 1 is 0.543 bits per heavy atom. The summed E-state index contributed by atoms with van der Waals surface area (Å²) in [7, 11) is 0. The number of aliphatic carboxylic acids is 2. The Morgan fingerprint density at radius 3 is 1.67 bits per heavy atom. The van der Waals surface area contributed by atoms with Crippen LogP contribution < -0.4 is 30.2 Å². The highest BCUT2D eigenvalue weighted by Crippen LogP contribution is 2.44. The summed E-state index contributed by atoms with van der Waals surface area (Å²) in [6.07, 6.45) is -0.407. The Morgan fingerprint density at radius 2 is 1.09 bits per heavy atom. The van der Waals surface area contributed by atoms with E-state index < -0.39 is 132 Å². The van der Waals surface area contributed by atoms with Gasteiger partial charge in [-0.1, -0.05) is 40.9 Å². The van der Waals surface area contributed by atoms with Gasteiger partial charge in [-0.2, -0.15) is 11.8 Å². The van der Waals surface area contributed by atoms with Gasteiger partial charge in [0.05, 0.1) is 69.4 Å². The van der Waals surface area contributed by atoms with E-state index in [4.69, 9.17) is 47.6 Å². The number of phenols is 2. The number of thioether (sulfide) groups is 1. The van der Waals surface area contributed by atoms with Crippen molar-refractivity contribution in [2.45, 2.75) is 46.5 Å². The summed E-state index contributed by atoms with van der Waals surface area (Å²) in [4.78, 5) is 59.0. The van der Waals surface area contributed by atoms with Gasteiger partial charge >= 0.3 is 11.9 Å². The molecule has 7 rings (SSSR count). The van der Waals surface area contributed by atoms with Gasteiger partial charge in [-0.3, -0.25) is 24.0 Å². The standard InChI is InChI=1S/C28H18Cl2F4N2O6.C27H27F4NO6S/c1-11-8-17(16(30)10-15(11)29)36-28(41)14-9-18(21-22(27(14)40)24(32)26(34)25(33)23(21)31)42-13-4-2-12(3-5-13)35-19(37)6-7-20(38)39;1-14-4-5-17(15(2)12-14)37-8-3-7-32-27(36)16-13-18(38-9-11-39-10-6-19(33)34)20-21(26(16)35)23(29)25(31)24(30)22(20)28/h2-5,8-10,40H,6-7H2,1H3,(H,35,37)(H,36,41)(H,38,39);4-5,12-13,35H,3,6-11H2,1-2H3,(H,32,36)(H,33,34). The van der Waals surface area contributed by atoms with E-state index in [1.54, 1.807) is 6.92 Å². The molecule has 0 spiro atoms. The first kappa shape index (κ1) is 62.0. The highest BCUT2D eigenvalue weighted by atomic mass is 35.5. The smallest absolute Gasteiger partial charge is 0.304 e. The molecular formula is C55H45Cl2F8N3O12S. The Kier molecular flexibility index (Phi) is 20.9. The van der Waals surface area contributed by atoms with Crippen LogP contribution in [-0.2, 0) is 14.4 Å². The maximum atomic E-state index is 14.9. The maximum absolute atomic E-state index is 14.9. The van der Waals surface area contributed by atoms with Crippen LogP contribution in [0.15, 0.2) is 66.7 Å². The molecule has 81 heavy (non-hydrogen) atoms. The number of carboxylic acids is 2. The molecular weight excluding hydrogens is 1150 g/mol. The fraction of sp³-hybridized carbons (Fsp3) is 0.218. The van der Waals surface area contributed by atoms with E-state index in [9.17, 15) is 69.3 Å². The van der Waals surface area contributed by atoms with E-state index in [0.717, 1.165) is 23.3 Å². The maximum Gasteiger partial charge on any atom is 0.304 e. The lowest BCUT2D eigenvalue weighted by atomic mass is 10.0. The van der Waals surface area contributed by atoms with Crippen LogP contribution in [0, 0.1) is 67.3 Å². The number of benzene rings is 7. The Bertz CT molecular complexity index is 3620. The minimum absolute atomic E-state index is 0.0104. The minimum atomic E-state index is -2.22. The fourth-order valence-electron chi connectivity index (χ4n) is 7.63. The first-order chi connectivity index (χ1) is 38.3. The number of carboxylic acid groups (broad SMARTS) is 2. The molecule has 3 amide bonds. The van der Waals surface area contributed by atoms with Crippen LogP contribution in [0.2, 0.25) is 10.0 Å². The highest BCUT2D eigenvalue weighted by Gasteiger charge is 2.31. The third kappa shape index (κ3) is 15.0. The molecule has 0 aliphatic heterocycles. The number of nitrogens with one attached hydrogen (secondary N) is 3. The molecule has 0 radical (unpaired) electrons. The van der Waals surface area contributed by atoms with Gasteiger partial charge in [-0.15, -0.1) is 0 Å². The van der Waals surface area contributed by atoms with Crippen LogP contribution in [-0.4, -0.2) is 81.4 Å². The predicted octanol–water partition coefficient (Wildman–Crippen LogP) is 13.1. The van der Waals surface area contributed by atoms with Crippen molar-refractivity contribution in [3.8, 4) is 34.5 Å². The molecule has 0 bridgehead atoms. The molecule has 0 fully saturated rings. The van der Waals surface area contributed by atoms with E-state index >= 15 is 0 Å². The number of rotatable bonds is 21. The topological polar surface area (TPSA) is 230 Å². The molecule has 7 N–H and O–H groups in total. The van der Waals surface area contributed by atoms with Crippen molar-refractivity contribution in [1.29, 1.82) is 0 Å². The molecule has 0 aromatic heterocycles. The fourth-order valence-corrected chi connectivity index (χ4v) is 8.78. The molecule has 7 aromatic carbocycles. The van der Waals surface area contributed by atoms with Crippen LogP contribution in [0.4, 0.5) is 46.5 Å². The van der Waals surface area contributed by atoms with E-state index in [-0.39, 0.29) is 72.7 Å². The molecule has 0 aliphatic rings. The SMILES string of the molecule is Cc1cc(NC(=O)c2cc(Oc3ccc(NC(=O)CCC(=O)O)cc3)c3c(F)c(F)c(F)c(F)c3c2O)c(Cl)cc1Cl.Cc1ccc(OCCCNC(=O)c2cc(OCCSCCC(=O)O)c3c(F)c(F)c(F)c(F)c3c2O)c(C)c1. The van der Waals surface area contributed by atoms with E-state index in [0.29, 0.717) is 22.8 Å². The van der Waals surface area contributed by atoms with E-state index in [2.05, 4.69) is 16.0 Å². The van der Waals surface area contributed by atoms with Crippen molar-refractivity contribution >= 4 is 97.5 Å². The Labute approximate surface area is 468 Å². The molecule has 0 unspecified atom stereocenters. The van der Waals surface area contributed by atoms with Gasteiger partial charge in [-0.25, -0.2) is 35.1 Å². The molecule has 0 saturated carbocycles. The number of halogens is 10. The highest BCUT2D eigenvalue weighted by molar-refractivity contribution is 7.99. The third-order valence-electron chi connectivity index (χ3n) is 11.6. The Hall–Kier alpha value is -8.22. The first-order valence-corrected chi connectivity index (χ1v) is 25.7. The number of hydrogen-bond donors (Lipinski definition) is 7. The monoisotopic (exact) mass is 1190 g/mol. The number of hydrogen-bond acceptors (Lipinski definition) is 11. The van der Waals surface area contributed by atoms with Crippen LogP contribution in [0.5, 0.6) is 34.5 Å². The lowest BCUT2D eigenvalue weighted by Gasteiger charge is -2.16. The second-order valence-electron chi connectivity index (χ2n) is 17.5. The second-order valence-corrected chi connectivity index (χ2v) is 19.5. The zero-order valence-corrected chi connectivity index (χ0v) is 44.8. The number of aryl methyl sites for hydroxylation is 3. The van der Waals surface area contributed by atoms with Crippen LogP contribution in [0.1, 0.15) is 63.1 Å². The molecule has 0 saturated heterocycles. The molecule has 0 heterocycles. The number of amides is 3. The first-order valence-electron chi connectivity index (χ1n) is 23.8. The number of carbonyl (C=O) groups excluding carboxylic acids is 3. The lowest BCUT2D eigenvalue weighted by molar-refractivity contribution is -0.138. The summed E-state index contributed by atoms with van der Waals surface area (Å²) in [6, 6.07) is 15.3. The quantitative estimate of drug-likeness (QED) is 0.0154. The summed E-state index contributed by atoms with van der Waals surface area (Å²) in [6.45, 7) is 5.67. The van der Waals surface area contributed by atoms with Gasteiger partial charge in [0.1, 0.15) is 34.5 Å². The predicted molar refractivity (Wildman–Crippen MR) is 285 cm³/mol. The van der Waals surface area contributed by atoms with Gasteiger partial charge in [0.2, 0.25) is 5.91 Å². The van der Waals surface area contributed by atoms with Crippen molar-refractivity contribution in [2.24, 2.45) is 0 Å². The second kappa shape index (κ2) is 27.3. The number of carbonyl (C=O) groups is 5. The summed E-state index contributed by atoms with van der Waals surface area (Å²) >= 11 is 13.3. The van der Waals surface area contributed by atoms with Crippen LogP contribution in [0.3, 0.4) is 0 Å². The zero-order valence-electron chi connectivity index (χ0n) is 42.5.